The number of H-pyrrole nitrogens is 1. The number of nitrogens with one attached hydrogen (secondary N) is 1. The molecule has 1 aromatic carbocycles. The first-order valence-electron chi connectivity index (χ1n) is 8.40. The Hall–Kier alpha value is -2.19. The van der Waals surface area contributed by atoms with E-state index in [1.807, 2.05) is 13.8 Å². The Bertz CT molecular complexity index is 1070. The molecule has 0 radical (unpaired) electrons. The number of hydrogen-bond donors (Lipinski definition) is 1. The molecule has 0 saturated carbocycles. The van der Waals surface area contributed by atoms with Crippen LogP contribution >= 0.6 is 0 Å². The second-order valence-corrected chi connectivity index (χ2v) is 8.81. The molecule has 0 bridgehead atoms. The van der Waals surface area contributed by atoms with Gasteiger partial charge in [-0.3, -0.25) is 4.68 Å². The third-order valence-electron chi connectivity index (χ3n) is 4.45. The Morgan fingerprint density at radius 1 is 1.27 bits per heavy atom. The van der Waals surface area contributed by atoms with Gasteiger partial charge in [0.15, 0.2) is 0 Å². The SMILES string of the molecule is Cc1nn(C(C)C)c(C)c1S(=O)(=O)N(C)Cc1cc2cc(F)ccc2[nH]1. The summed E-state index contributed by atoms with van der Waals surface area (Å²) in [7, 11) is -2.17. The van der Waals surface area contributed by atoms with Crippen molar-refractivity contribution in [1.29, 1.82) is 0 Å². The van der Waals surface area contributed by atoms with Crippen LogP contribution in [0.15, 0.2) is 29.2 Å². The van der Waals surface area contributed by atoms with Gasteiger partial charge in [-0.15, -0.1) is 0 Å². The number of nitrogens with zero attached hydrogens (tertiary/aromatic N) is 3. The molecule has 0 fully saturated rings. The van der Waals surface area contributed by atoms with Crippen molar-refractivity contribution < 1.29 is 12.8 Å². The molecule has 2 aromatic heterocycles. The third kappa shape index (κ3) is 3.14. The lowest BCUT2D eigenvalue weighted by molar-refractivity contribution is 0.461. The summed E-state index contributed by atoms with van der Waals surface area (Å²) in [5.41, 5.74) is 2.58. The fourth-order valence-corrected chi connectivity index (χ4v) is 4.76. The monoisotopic (exact) mass is 378 g/mol. The van der Waals surface area contributed by atoms with E-state index in [1.165, 1.54) is 23.5 Å². The van der Waals surface area contributed by atoms with Crippen molar-refractivity contribution >= 4 is 20.9 Å². The van der Waals surface area contributed by atoms with Crippen LogP contribution in [-0.2, 0) is 16.6 Å². The Labute approximate surface area is 152 Å². The second kappa shape index (κ2) is 6.51. The molecule has 0 aliphatic carbocycles. The Morgan fingerprint density at radius 2 is 1.96 bits per heavy atom. The minimum Gasteiger partial charge on any atom is -0.357 e. The van der Waals surface area contributed by atoms with E-state index < -0.39 is 10.0 Å². The molecule has 0 amide bonds. The molecule has 0 saturated heterocycles. The van der Waals surface area contributed by atoms with Crippen molar-refractivity contribution in [3.05, 3.63) is 47.2 Å². The molecule has 3 aromatic rings. The predicted octanol–water partition coefficient (Wildman–Crippen LogP) is 3.52. The van der Waals surface area contributed by atoms with Gasteiger partial charge in [-0.1, -0.05) is 0 Å². The highest BCUT2D eigenvalue weighted by Crippen LogP contribution is 2.26. The number of aryl methyl sites for hydroxylation is 1. The van der Waals surface area contributed by atoms with Gasteiger partial charge in [0.2, 0.25) is 10.0 Å². The minimum atomic E-state index is -3.70. The van der Waals surface area contributed by atoms with Crippen LogP contribution in [0, 0.1) is 19.7 Å². The van der Waals surface area contributed by atoms with Gasteiger partial charge in [-0.25, -0.2) is 12.8 Å². The average molecular weight is 378 g/mol. The smallest absolute Gasteiger partial charge is 0.246 e. The first-order chi connectivity index (χ1) is 12.1. The van der Waals surface area contributed by atoms with Gasteiger partial charge in [0.05, 0.1) is 17.9 Å². The van der Waals surface area contributed by atoms with Crippen molar-refractivity contribution in [2.45, 2.75) is 45.2 Å². The van der Waals surface area contributed by atoms with Gasteiger partial charge < -0.3 is 4.98 Å². The first-order valence-corrected chi connectivity index (χ1v) is 9.84. The summed E-state index contributed by atoms with van der Waals surface area (Å²) < 4.78 is 42.5. The lowest BCUT2D eigenvalue weighted by atomic mass is 10.2. The van der Waals surface area contributed by atoms with Crippen molar-refractivity contribution in [3.8, 4) is 0 Å². The summed E-state index contributed by atoms with van der Waals surface area (Å²) in [6, 6.07) is 6.28. The predicted molar refractivity (Wildman–Crippen MR) is 99.0 cm³/mol. The topological polar surface area (TPSA) is 71.0 Å². The zero-order valence-electron chi connectivity index (χ0n) is 15.5. The van der Waals surface area contributed by atoms with Gasteiger partial charge >= 0.3 is 0 Å². The zero-order valence-corrected chi connectivity index (χ0v) is 16.4. The summed E-state index contributed by atoms with van der Waals surface area (Å²) in [5, 5.41) is 5.08. The van der Waals surface area contributed by atoms with E-state index in [-0.39, 0.29) is 23.3 Å². The second-order valence-electron chi connectivity index (χ2n) is 6.83. The molecule has 0 aliphatic rings. The van der Waals surface area contributed by atoms with Gasteiger partial charge in [-0.2, -0.15) is 9.40 Å². The standard InChI is InChI=1S/C18H23FN4O2S/c1-11(2)23-13(4)18(12(3)21-23)26(24,25)22(5)10-16-9-14-8-15(19)6-7-17(14)20-16/h6-9,11,20H,10H2,1-5H3. The van der Waals surface area contributed by atoms with Crippen LogP contribution in [-0.4, -0.2) is 34.5 Å². The van der Waals surface area contributed by atoms with Crippen LogP contribution in [0.5, 0.6) is 0 Å². The maximum atomic E-state index is 13.3. The van der Waals surface area contributed by atoms with E-state index in [2.05, 4.69) is 10.1 Å². The first kappa shape index (κ1) is 18.6. The fourth-order valence-electron chi connectivity index (χ4n) is 3.25. The third-order valence-corrected chi connectivity index (χ3v) is 6.50. The number of sulfonamides is 1. The summed E-state index contributed by atoms with van der Waals surface area (Å²) in [6.07, 6.45) is 0. The maximum Gasteiger partial charge on any atom is 0.246 e. The molecule has 26 heavy (non-hydrogen) atoms. The maximum absolute atomic E-state index is 13.3. The minimum absolute atomic E-state index is 0.0755. The lowest BCUT2D eigenvalue weighted by Gasteiger charge is -2.17. The highest BCUT2D eigenvalue weighted by Gasteiger charge is 2.29. The Balaban J connectivity index is 1.94. The number of hydrogen-bond acceptors (Lipinski definition) is 3. The molecule has 0 atom stereocenters. The van der Waals surface area contributed by atoms with Gasteiger partial charge in [0.1, 0.15) is 10.7 Å². The van der Waals surface area contributed by atoms with Gasteiger partial charge in [0, 0.05) is 29.7 Å². The highest BCUT2D eigenvalue weighted by molar-refractivity contribution is 7.89. The Morgan fingerprint density at radius 3 is 2.58 bits per heavy atom. The summed E-state index contributed by atoms with van der Waals surface area (Å²) in [5.74, 6) is -0.323. The van der Waals surface area contributed by atoms with Crippen LogP contribution in [0.25, 0.3) is 10.9 Å². The molecule has 2 heterocycles. The molecular formula is C18H23FN4O2S. The summed E-state index contributed by atoms with van der Waals surface area (Å²) in [6.45, 7) is 7.56. The molecule has 8 heteroatoms. The van der Waals surface area contributed by atoms with Crippen molar-refractivity contribution in [3.63, 3.8) is 0 Å². The number of aromatic nitrogens is 3. The zero-order chi connectivity index (χ0) is 19.2. The van der Waals surface area contributed by atoms with Crippen molar-refractivity contribution in [2.75, 3.05) is 7.05 Å². The van der Waals surface area contributed by atoms with Crippen LogP contribution in [0.4, 0.5) is 4.39 Å². The summed E-state index contributed by atoms with van der Waals surface area (Å²) >= 11 is 0. The number of aromatic amines is 1. The largest absolute Gasteiger partial charge is 0.357 e. The highest BCUT2D eigenvalue weighted by atomic mass is 32.2. The number of halogens is 1. The van der Waals surface area contributed by atoms with Crippen LogP contribution in [0.3, 0.4) is 0 Å². The van der Waals surface area contributed by atoms with Gasteiger partial charge in [0.25, 0.3) is 0 Å². The number of rotatable bonds is 5. The molecule has 3 rings (SSSR count). The van der Waals surface area contributed by atoms with Crippen molar-refractivity contribution in [1.82, 2.24) is 19.1 Å². The van der Waals surface area contributed by atoms with Gasteiger partial charge in [-0.05, 0) is 52.0 Å². The average Bonchev–Trinajstić information content (AvgIpc) is 3.06. The molecule has 0 spiro atoms. The normalized spacial score (nSPS) is 12.6. The van der Waals surface area contributed by atoms with E-state index >= 15 is 0 Å². The summed E-state index contributed by atoms with van der Waals surface area (Å²) in [4.78, 5) is 3.38. The van der Waals surface area contributed by atoms with E-state index in [0.29, 0.717) is 22.5 Å². The van der Waals surface area contributed by atoms with E-state index in [9.17, 15) is 12.8 Å². The molecule has 0 aliphatic heterocycles. The molecule has 140 valence electrons. The lowest BCUT2D eigenvalue weighted by Crippen LogP contribution is -2.27. The van der Waals surface area contributed by atoms with E-state index in [4.69, 9.17) is 0 Å². The molecular weight excluding hydrogens is 355 g/mol. The quantitative estimate of drug-likeness (QED) is 0.738. The number of fused-ring (bicyclic) bond motifs is 1. The van der Waals surface area contributed by atoms with Crippen LogP contribution < -0.4 is 0 Å². The molecule has 0 unspecified atom stereocenters. The molecule has 6 nitrogen and oxygen atoms in total. The number of benzene rings is 1. The van der Waals surface area contributed by atoms with E-state index in [0.717, 1.165) is 5.52 Å². The van der Waals surface area contributed by atoms with E-state index in [1.54, 1.807) is 30.7 Å². The molecule has 1 N–H and O–H groups in total. The van der Waals surface area contributed by atoms with Crippen LogP contribution in [0.1, 0.15) is 37.0 Å². The fraction of sp³-hybridized carbons (Fsp3) is 0.389. The van der Waals surface area contributed by atoms with Crippen LogP contribution in [0.2, 0.25) is 0 Å². The van der Waals surface area contributed by atoms with Crippen molar-refractivity contribution in [2.24, 2.45) is 0 Å². The Kier molecular flexibility index (Phi) is 4.66.